The molecule has 1 radical (unpaired) electrons. The third kappa shape index (κ3) is 0.877. The maximum atomic E-state index is 5.37. The first kappa shape index (κ1) is 7.55. The van der Waals surface area contributed by atoms with Gasteiger partial charge in [0, 0.05) is 6.20 Å². The Morgan fingerprint density at radius 3 is 3.29 bits per heavy atom. The highest BCUT2D eigenvalue weighted by Gasteiger charge is 2.22. The first-order valence-corrected chi connectivity index (χ1v) is 4.22. The Morgan fingerprint density at radius 1 is 1.43 bits per heavy atom. The summed E-state index contributed by atoms with van der Waals surface area (Å²) >= 11 is 0. The van der Waals surface area contributed by atoms with Gasteiger partial charge in [0.2, 0.25) is 0 Å². The van der Waals surface area contributed by atoms with Crippen LogP contribution in [0.1, 0.15) is 5.82 Å². The van der Waals surface area contributed by atoms with Gasteiger partial charge in [0.15, 0.2) is 0 Å². The fourth-order valence-corrected chi connectivity index (χ4v) is 1.51. The standard InChI is InChI=1S/C8H6BN4O/c1-5-11-12-8-9-14-7-2-3-10-4-6(7)13(5)8/h2-4H,1H3. The Kier molecular flexibility index (Phi) is 1.39. The smallest absolute Gasteiger partial charge is 0.453 e. The molecule has 3 heterocycles. The third-order valence-corrected chi connectivity index (χ3v) is 2.14. The van der Waals surface area contributed by atoms with E-state index in [1.54, 1.807) is 19.9 Å². The van der Waals surface area contributed by atoms with Crippen LogP contribution in [0.3, 0.4) is 0 Å². The van der Waals surface area contributed by atoms with Gasteiger partial charge in [-0.1, -0.05) is 0 Å². The topological polar surface area (TPSA) is 52.8 Å². The second kappa shape index (κ2) is 2.57. The summed E-state index contributed by atoms with van der Waals surface area (Å²) in [6, 6.07) is 1.81. The van der Waals surface area contributed by atoms with Crippen molar-refractivity contribution in [3.8, 4) is 11.4 Å². The van der Waals surface area contributed by atoms with Crippen molar-refractivity contribution in [2.45, 2.75) is 6.92 Å². The Labute approximate surface area is 81.0 Å². The minimum Gasteiger partial charge on any atom is -0.554 e. The van der Waals surface area contributed by atoms with Crippen LogP contribution in [0.15, 0.2) is 18.5 Å². The number of hydrogen-bond acceptors (Lipinski definition) is 4. The summed E-state index contributed by atoms with van der Waals surface area (Å²) in [4.78, 5) is 4.05. The number of fused-ring (bicyclic) bond motifs is 3. The predicted molar refractivity (Wildman–Crippen MR) is 49.9 cm³/mol. The van der Waals surface area contributed by atoms with Crippen molar-refractivity contribution in [2.75, 3.05) is 0 Å². The van der Waals surface area contributed by atoms with E-state index < -0.39 is 0 Å². The molecule has 0 saturated carbocycles. The average Bonchev–Trinajstić information content (AvgIpc) is 2.61. The highest BCUT2D eigenvalue weighted by atomic mass is 16.4. The Morgan fingerprint density at radius 2 is 2.36 bits per heavy atom. The SMILES string of the molecule is Cc1nnc2n1-c1cnccc1O[B]2. The van der Waals surface area contributed by atoms with Gasteiger partial charge in [0.25, 0.3) is 0 Å². The quantitative estimate of drug-likeness (QED) is 0.524. The van der Waals surface area contributed by atoms with Crippen LogP contribution in [-0.2, 0) is 0 Å². The lowest BCUT2D eigenvalue weighted by molar-refractivity contribution is 0.583. The molecular weight excluding hydrogens is 179 g/mol. The van der Waals surface area contributed by atoms with Gasteiger partial charge < -0.3 is 4.65 Å². The molecule has 3 rings (SSSR count). The highest BCUT2D eigenvalue weighted by Crippen LogP contribution is 2.23. The van der Waals surface area contributed by atoms with Crippen molar-refractivity contribution in [3.63, 3.8) is 0 Å². The van der Waals surface area contributed by atoms with Gasteiger partial charge in [-0.3, -0.25) is 9.55 Å². The molecule has 0 spiro atoms. The van der Waals surface area contributed by atoms with Crippen molar-refractivity contribution < 1.29 is 4.65 Å². The van der Waals surface area contributed by atoms with E-state index in [9.17, 15) is 0 Å². The zero-order valence-electron chi connectivity index (χ0n) is 7.51. The van der Waals surface area contributed by atoms with Crippen LogP contribution in [0.2, 0.25) is 0 Å². The van der Waals surface area contributed by atoms with Gasteiger partial charge >= 0.3 is 7.48 Å². The summed E-state index contributed by atoms with van der Waals surface area (Å²) in [6.45, 7) is 1.90. The fourth-order valence-electron chi connectivity index (χ4n) is 1.51. The molecule has 0 aromatic carbocycles. The molecule has 67 valence electrons. The number of aromatic nitrogens is 4. The molecule has 0 atom stereocenters. The second-order valence-electron chi connectivity index (χ2n) is 3.02. The summed E-state index contributed by atoms with van der Waals surface area (Å²) in [5.74, 6) is 1.60. The highest BCUT2D eigenvalue weighted by molar-refractivity contribution is 6.46. The van der Waals surface area contributed by atoms with E-state index in [1.165, 1.54) is 0 Å². The largest absolute Gasteiger partial charge is 0.554 e. The molecule has 1 aliphatic rings. The van der Waals surface area contributed by atoms with E-state index in [0.29, 0.717) is 5.72 Å². The van der Waals surface area contributed by atoms with Crippen LogP contribution >= 0.6 is 0 Å². The van der Waals surface area contributed by atoms with Gasteiger partial charge in [-0.05, 0) is 13.0 Å². The molecule has 5 nitrogen and oxygen atoms in total. The zero-order chi connectivity index (χ0) is 9.54. The van der Waals surface area contributed by atoms with Crippen molar-refractivity contribution in [1.29, 1.82) is 0 Å². The van der Waals surface area contributed by atoms with Crippen LogP contribution < -0.4 is 10.4 Å². The first-order valence-electron chi connectivity index (χ1n) is 4.22. The van der Waals surface area contributed by atoms with Gasteiger partial charge in [0.1, 0.15) is 23.0 Å². The third-order valence-electron chi connectivity index (χ3n) is 2.14. The molecule has 1 aliphatic heterocycles. The van der Waals surface area contributed by atoms with Gasteiger partial charge in [0.05, 0.1) is 6.20 Å². The minimum absolute atomic E-state index is 0.697. The summed E-state index contributed by atoms with van der Waals surface area (Å²) in [6.07, 6.45) is 3.43. The van der Waals surface area contributed by atoms with Crippen LogP contribution in [0.25, 0.3) is 5.69 Å². The van der Waals surface area contributed by atoms with Crippen LogP contribution in [-0.4, -0.2) is 27.2 Å². The van der Waals surface area contributed by atoms with E-state index >= 15 is 0 Å². The van der Waals surface area contributed by atoms with Gasteiger partial charge in [-0.15, -0.1) is 10.2 Å². The molecule has 0 aliphatic carbocycles. The van der Waals surface area contributed by atoms with E-state index in [-0.39, 0.29) is 0 Å². The number of pyridine rings is 1. The van der Waals surface area contributed by atoms with E-state index in [0.717, 1.165) is 17.3 Å². The van der Waals surface area contributed by atoms with E-state index in [2.05, 4.69) is 15.2 Å². The first-order chi connectivity index (χ1) is 6.86. The Hall–Kier alpha value is -1.85. The fraction of sp³-hybridized carbons (Fsp3) is 0.125. The molecular formula is C8H6BN4O. The Balaban J connectivity index is 2.32. The second-order valence-corrected chi connectivity index (χ2v) is 3.02. The Bertz CT molecular complexity index is 496. The van der Waals surface area contributed by atoms with Crippen molar-refractivity contribution in [2.24, 2.45) is 0 Å². The van der Waals surface area contributed by atoms with Crippen LogP contribution in [0, 0.1) is 6.92 Å². The number of nitrogens with zero attached hydrogens (tertiary/aromatic N) is 4. The molecule has 0 saturated heterocycles. The maximum absolute atomic E-state index is 5.37. The minimum atomic E-state index is 0.697. The normalized spacial score (nSPS) is 12.4. The number of aryl methyl sites for hydroxylation is 1. The molecule has 0 unspecified atom stereocenters. The molecule has 0 fully saturated rings. The zero-order valence-corrected chi connectivity index (χ0v) is 7.51. The van der Waals surface area contributed by atoms with E-state index in [1.807, 2.05) is 17.6 Å². The molecule has 14 heavy (non-hydrogen) atoms. The molecule has 0 bridgehead atoms. The lowest BCUT2D eigenvalue weighted by atomic mass is 9.98. The molecule has 2 aromatic rings. The lowest BCUT2D eigenvalue weighted by Crippen LogP contribution is -2.34. The molecule has 0 N–H and O–H groups in total. The summed E-state index contributed by atoms with van der Waals surface area (Å²) < 4.78 is 7.28. The molecule has 6 heteroatoms. The molecule has 2 aromatic heterocycles. The maximum Gasteiger partial charge on any atom is 0.453 e. The number of hydrogen-bond donors (Lipinski definition) is 0. The predicted octanol–water partition coefficient (Wildman–Crippen LogP) is -0.392. The summed E-state index contributed by atoms with van der Waals surface area (Å²) in [7, 11) is 1.59. The molecule has 0 amide bonds. The number of rotatable bonds is 0. The van der Waals surface area contributed by atoms with Crippen molar-refractivity contribution in [1.82, 2.24) is 19.7 Å². The summed E-state index contributed by atoms with van der Waals surface area (Å²) in [5.41, 5.74) is 1.58. The average molecular weight is 185 g/mol. The van der Waals surface area contributed by atoms with Crippen LogP contribution in [0.4, 0.5) is 0 Å². The van der Waals surface area contributed by atoms with E-state index in [4.69, 9.17) is 4.65 Å². The summed E-state index contributed by atoms with van der Waals surface area (Å²) in [5, 5.41) is 7.93. The van der Waals surface area contributed by atoms with Gasteiger partial charge in [-0.2, -0.15) is 0 Å². The van der Waals surface area contributed by atoms with Crippen LogP contribution in [0.5, 0.6) is 5.75 Å². The van der Waals surface area contributed by atoms with Crippen molar-refractivity contribution >= 4 is 13.2 Å². The monoisotopic (exact) mass is 185 g/mol. The van der Waals surface area contributed by atoms with Crippen molar-refractivity contribution in [3.05, 3.63) is 24.3 Å². The van der Waals surface area contributed by atoms with Gasteiger partial charge in [-0.25, -0.2) is 0 Å². The lowest BCUT2D eigenvalue weighted by Gasteiger charge is -2.17.